The Labute approximate surface area is 125 Å². The van der Waals surface area contributed by atoms with Gasteiger partial charge in [-0.15, -0.1) is 0 Å². The zero-order valence-corrected chi connectivity index (χ0v) is 12.3. The Bertz CT molecular complexity index is 200. The topological polar surface area (TPSA) is 221 Å². The number of carbonyl (C=O) groups is 2. The molecule has 0 aliphatic heterocycles. The lowest BCUT2D eigenvalue weighted by Crippen LogP contribution is -2.34. The summed E-state index contributed by atoms with van der Waals surface area (Å²) in [6, 6.07) is -1.67. The lowest BCUT2D eigenvalue weighted by molar-refractivity contribution is 0.255. The van der Waals surface area contributed by atoms with E-state index in [1.165, 1.54) is 0 Å². The molecule has 11 heteroatoms. The predicted molar refractivity (Wildman–Crippen MR) is 82.3 cm³/mol. The van der Waals surface area contributed by atoms with Crippen LogP contribution in [0.4, 0.5) is 9.59 Å². The molecule has 0 spiro atoms. The van der Waals surface area contributed by atoms with Crippen molar-refractivity contribution in [3.8, 4) is 0 Å². The first-order valence-corrected chi connectivity index (χ1v) is 6.41. The standard InChI is InChI=1S/C8H22N4O.2CH4N2O/c9-1-2-10-3-4-11-5-6-12-7-8-13;2*2-1(3)4/h10-13H,1-9H2;2*(H4,2,3,4). The minimum Gasteiger partial charge on any atom is -0.395 e. The first kappa shape index (κ1) is 24.4. The Morgan fingerprint density at radius 2 is 1.00 bits per heavy atom. The van der Waals surface area contributed by atoms with Crippen LogP contribution < -0.4 is 44.6 Å². The van der Waals surface area contributed by atoms with E-state index in [1.807, 2.05) is 0 Å². The number of nitrogens with two attached hydrogens (primary N) is 5. The van der Waals surface area contributed by atoms with Crippen LogP contribution in [0.3, 0.4) is 0 Å². The number of aliphatic hydroxyl groups excluding tert-OH is 1. The number of hydrogen-bond acceptors (Lipinski definition) is 7. The second-order valence-corrected chi connectivity index (χ2v) is 3.57. The summed E-state index contributed by atoms with van der Waals surface area (Å²) < 4.78 is 0. The third kappa shape index (κ3) is 70.4. The molecule has 128 valence electrons. The summed E-state index contributed by atoms with van der Waals surface area (Å²) in [4.78, 5) is 18.0. The molecule has 0 aromatic carbocycles. The highest BCUT2D eigenvalue weighted by Gasteiger charge is 1.87. The summed E-state index contributed by atoms with van der Waals surface area (Å²) in [5, 5.41) is 18.0. The zero-order valence-electron chi connectivity index (χ0n) is 12.3. The summed E-state index contributed by atoms with van der Waals surface area (Å²) in [7, 11) is 0. The monoisotopic (exact) mass is 310 g/mol. The van der Waals surface area contributed by atoms with Gasteiger partial charge in [-0.05, 0) is 0 Å². The molecule has 4 amide bonds. The third-order valence-corrected chi connectivity index (χ3v) is 1.57. The molecule has 0 bridgehead atoms. The van der Waals surface area contributed by atoms with Gasteiger partial charge < -0.3 is 49.7 Å². The Kier molecular flexibility index (Phi) is 27.2. The molecular formula is C10H30N8O3. The molecule has 0 aliphatic rings. The average molecular weight is 310 g/mol. The lowest BCUT2D eigenvalue weighted by atomic mass is 10.5. The van der Waals surface area contributed by atoms with Crippen molar-refractivity contribution in [2.75, 3.05) is 52.4 Å². The van der Waals surface area contributed by atoms with Gasteiger partial charge >= 0.3 is 12.1 Å². The molecule has 14 N–H and O–H groups in total. The number of carbonyl (C=O) groups excluding carboxylic acids is 2. The number of hydrogen-bond donors (Lipinski definition) is 9. The SMILES string of the molecule is NC(N)=O.NC(N)=O.NCCNCCNCCNCCO. The number of primary amides is 4. The van der Waals surface area contributed by atoms with Gasteiger partial charge in [0.05, 0.1) is 6.61 Å². The van der Waals surface area contributed by atoms with Crippen LogP contribution in [0.2, 0.25) is 0 Å². The van der Waals surface area contributed by atoms with Crippen molar-refractivity contribution in [2.24, 2.45) is 28.7 Å². The van der Waals surface area contributed by atoms with Crippen LogP contribution >= 0.6 is 0 Å². The van der Waals surface area contributed by atoms with Gasteiger partial charge in [-0.2, -0.15) is 0 Å². The highest BCUT2D eigenvalue weighted by molar-refractivity contribution is 5.69. The molecule has 0 saturated carbocycles. The first-order valence-electron chi connectivity index (χ1n) is 6.41. The number of urea groups is 2. The van der Waals surface area contributed by atoms with Gasteiger partial charge in [0.25, 0.3) is 0 Å². The second-order valence-electron chi connectivity index (χ2n) is 3.57. The maximum absolute atomic E-state index is 9.00. The minimum atomic E-state index is -0.833. The quantitative estimate of drug-likeness (QED) is 0.180. The van der Waals surface area contributed by atoms with E-state index in [2.05, 4.69) is 38.9 Å². The largest absolute Gasteiger partial charge is 0.395 e. The molecule has 0 saturated heterocycles. The highest BCUT2D eigenvalue weighted by atomic mass is 16.3. The van der Waals surface area contributed by atoms with Crippen LogP contribution in [0.5, 0.6) is 0 Å². The van der Waals surface area contributed by atoms with E-state index in [0.717, 1.165) is 32.7 Å². The van der Waals surface area contributed by atoms with Gasteiger partial charge in [0, 0.05) is 45.8 Å². The summed E-state index contributed by atoms with van der Waals surface area (Å²) in [6.45, 7) is 6.20. The Hall–Kier alpha value is -1.66. The van der Waals surface area contributed by atoms with E-state index in [1.54, 1.807) is 0 Å². The van der Waals surface area contributed by atoms with E-state index >= 15 is 0 Å². The Balaban J connectivity index is -0.000000334. The lowest BCUT2D eigenvalue weighted by Gasteiger charge is -2.06. The molecule has 0 unspecified atom stereocenters. The van der Waals surface area contributed by atoms with Crippen molar-refractivity contribution in [3.05, 3.63) is 0 Å². The van der Waals surface area contributed by atoms with E-state index in [-0.39, 0.29) is 6.61 Å². The van der Waals surface area contributed by atoms with Crippen molar-refractivity contribution < 1.29 is 14.7 Å². The molecule has 0 rings (SSSR count). The third-order valence-electron chi connectivity index (χ3n) is 1.57. The summed E-state index contributed by atoms with van der Waals surface area (Å²) in [6.07, 6.45) is 0. The fourth-order valence-corrected chi connectivity index (χ4v) is 0.910. The van der Waals surface area contributed by atoms with Gasteiger partial charge in [0.2, 0.25) is 0 Å². The van der Waals surface area contributed by atoms with Crippen molar-refractivity contribution in [1.82, 2.24) is 16.0 Å². The summed E-state index contributed by atoms with van der Waals surface area (Å²) in [5.41, 5.74) is 22.3. The van der Waals surface area contributed by atoms with Crippen LogP contribution in [0, 0.1) is 0 Å². The molecular weight excluding hydrogens is 280 g/mol. The predicted octanol–water partition coefficient (Wildman–Crippen LogP) is -4.25. The normalized spacial score (nSPS) is 8.86. The smallest absolute Gasteiger partial charge is 0.309 e. The molecule has 21 heavy (non-hydrogen) atoms. The van der Waals surface area contributed by atoms with Crippen molar-refractivity contribution >= 4 is 12.1 Å². The summed E-state index contributed by atoms with van der Waals surface area (Å²) in [5.74, 6) is 0. The van der Waals surface area contributed by atoms with E-state index in [4.69, 9.17) is 20.4 Å². The average Bonchev–Trinajstić information content (AvgIpc) is 2.35. The van der Waals surface area contributed by atoms with Gasteiger partial charge in [0.1, 0.15) is 0 Å². The van der Waals surface area contributed by atoms with Crippen molar-refractivity contribution in [2.45, 2.75) is 0 Å². The number of rotatable bonds is 10. The zero-order chi connectivity index (χ0) is 16.9. The van der Waals surface area contributed by atoms with E-state index in [9.17, 15) is 0 Å². The minimum absolute atomic E-state index is 0.206. The molecule has 0 aliphatic carbocycles. The van der Waals surface area contributed by atoms with Gasteiger partial charge in [-0.1, -0.05) is 0 Å². The molecule has 0 fully saturated rings. The van der Waals surface area contributed by atoms with Crippen LogP contribution in [0.15, 0.2) is 0 Å². The molecule has 11 nitrogen and oxygen atoms in total. The maximum atomic E-state index is 9.00. The highest BCUT2D eigenvalue weighted by Crippen LogP contribution is 1.61. The number of aliphatic hydroxyl groups is 1. The molecule has 0 atom stereocenters. The maximum Gasteiger partial charge on any atom is 0.309 e. The molecule has 0 aromatic rings. The Morgan fingerprint density at radius 3 is 1.29 bits per heavy atom. The van der Waals surface area contributed by atoms with Gasteiger partial charge in [-0.3, -0.25) is 0 Å². The van der Waals surface area contributed by atoms with Gasteiger partial charge in [-0.25, -0.2) is 9.59 Å². The van der Waals surface area contributed by atoms with Gasteiger partial charge in [0.15, 0.2) is 0 Å². The van der Waals surface area contributed by atoms with Crippen molar-refractivity contribution in [3.63, 3.8) is 0 Å². The summed E-state index contributed by atoms with van der Waals surface area (Å²) >= 11 is 0. The second kappa shape index (κ2) is 23.4. The van der Waals surface area contributed by atoms with Crippen LogP contribution in [-0.2, 0) is 0 Å². The Morgan fingerprint density at radius 1 is 0.714 bits per heavy atom. The van der Waals surface area contributed by atoms with Crippen LogP contribution in [0.1, 0.15) is 0 Å². The fraction of sp³-hybridized carbons (Fsp3) is 0.800. The van der Waals surface area contributed by atoms with Crippen LogP contribution in [0.25, 0.3) is 0 Å². The van der Waals surface area contributed by atoms with E-state index in [0.29, 0.717) is 13.1 Å². The molecule has 0 heterocycles. The first-order chi connectivity index (χ1) is 9.88. The fourth-order valence-electron chi connectivity index (χ4n) is 0.910. The molecule has 0 aromatic heterocycles. The van der Waals surface area contributed by atoms with Crippen molar-refractivity contribution in [1.29, 1.82) is 0 Å². The number of nitrogens with one attached hydrogen (secondary N) is 3. The molecule has 0 radical (unpaired) electrons. The number of amides is 4. The van der Waals surface area contributed by atoms with E-state index < -0.39 is 12.1 Å². The van der Waals surface area contributed by atoms with Crippen LogP contribution in [-0.4, -0.2) is 69.6 Å².